The number of carbonyl (C=O) groups is 1. The molecule has 0 spiro atoms. The van der Waals surface area contributed by atoms with Crippen molar-refractivity contribution in [2.45, 2.75) is 11.3 Å². The third-order valence-electron chi connectivity index (χ3n) is 3.09. The van der Waals surface area contributed by atoms with Crippen molar-refractivity contribution in [3.63, 3.8) is 0 Å². The summed E-state index contributed by atoms with van der Waals surface area (Å²) in [5.41, 5.74) is -0.153. The monoisotopic (exact) mass is 403 g/mol. The number of nitrogens with one attached hydrogen (secondary N) is 2. The number of hydrogen-bond acceptors (Lipinski definition) is 6. The number of nitriles is 1. The number of carbonyl (C=O) groups excluding carboxylic acids is 1. The van der Waals surface area contributed by atoms with E-state index in [9.17, 15) is 26.4 Å². The van der Waals surface area contributed by atoms with E-state index < -0.39 is 33.8 Å². The third-order valence-corrected chi connectivity index (χ3v) is 4.37. The first-order valence-corrected chi connectivity index (χ1v) is 8.62. The van der Waals surface area contributed by atoms with Crippen LogP contribution in [0.25, 0.3) is 0 Å². The highest BCUT2D eigenvalue weighted by Gasteiger charge is 2.29. The lowest BCUT2D eigenvalue weighted by Crippen LogP contribution is -2.19. The molecule has 0 bridgehead atoms. The van der Waals surface area contributed by atoms with Gasteiger partial charge in [-0.3, -0.25) is 4.79 Å². The van der Waals surface area contributed by atoms with Crippen molar-refractivity contribution in [1.82, 2.24) is 4.72 Å². The van der Waals surface area contributed by atoms with Crippen LogP contribution >= 0.6 is 0 Å². The molecule has 27 heavy (non-hydrogen) atoms. The molecule has 0 atom stereocenters. The number of hydrogen-bond donors (Lipinski definition) is 2. The molecule has 1 amide bonds. The molecule has 0 radical (unpaired) electrons. The van der Waals surface area contributed by atoms with Gasteiger partial charge in [0.2, 0.25) is 5.09 Å². The van der Waals surface area contributed by atoms with Crippen LogP contribution in [0.4, 0.5) is 18.9 Å². The molecule has 1 aromatic carbocycles. The summed E-state index contributed by atoms with van der Waals surface area (Å²) < 4.78 is 71.3. The largest absolute Gasteiger partial charge is 0.483 e. The third kappa shape index (κ3) is 5.22. The van der Waals surface area contributed by atoms with Crippen molar-refractivity contribution in [2.24, 2.45) is 0 Å². The van der Waals surface area contributed by atoms with Crippen molar-refractivity contribution < 1.29 is 35.5 Å². The van der Waals surface area contributed by atoms with Gasteiger partial charge in [0.25, 0.3) is 15.9 Å². The standard InChI is InChI=1S/C15H12F3N3O5S/c1-20-27(23,24)13-5-4-12(26-13)14(22)21-10-2-3-11(9(6-10)7-19)25-8-15(16,17)18/h2-6,20H,8H2,1H3,(H,21,22). The predicted molar refractivity (Wildman–Crippen MR) is 85.6 cm³/mol. The first-order valence-electron chi connectivity index (χ1n) is 7.14. The summed E-state index contributed by atoms with van der Waals surface area (Å²) in [4.78, 5) is 12.1. The Bertz CT molecular complexity index is 993. The highest BCUT2D eigenvalue weighted by molar-refractivity contribution is 7.89. The molecule has 1 aromatic heterocycles. The summed E-state index contributed by atoms with van der Waals surface area (Å²) in [5.74, 6) is -1.44. The second-order valence-corrected chi connectivity index (χ2v) is 6.82. The average molecular weight is 403 g/mol. The molecule has 0 saturated carbocycles. The molecule has 8 nitrogen and oxygen atoms in total. The second kappa shape index (κ2) is 7.68. The Morgan fingerprint density at radius 1 is 1.30 bits per heavy atom. The number of ether oxygens (including phenoxy) is 1. The maximum absolute atomic E-state index is 12.2. The van der Waals surface area contributed by atoms with E-state index in [2.05, 4.69) is 10.1 Å². The first kappa shape index (κ1) is 20.3. The fourth-order valence-corrected chi connectivity index (χ4v) is 2.51. The summed E-state index contributed by atoms with van der Waals surface area (Å²) in [7, 11) is -2.70. The fraction of sp³-hybridized carbons (Fsp3) is 0.200. The number of anilines is 1. The van der Waals surface area contributed by atoms with Gasteiger partial charge in [-0.05, 0) is 37.4 Å². The smallest absolute Gasteiger partial charge is 0.422 e. The van der Waals surface area contributed by atoms with Gasteiger partial charge in [0, 0.05) is 5.69 Å². The van der Waals surface area contributed by atoms with E-state index in [1.807, 2.05) is 4.72 Å². The highest BCUT2D eigenvalue weighted by Crippen LogP contribution is 2.25. The minimum absolute atomic E-state index is 0.0744. The second-order valence-electron chi connectivity index (χ2n) is 5.01. The minimum Gasteiger partial charge on any atom is -0.483 e. The molecule has 0 saturated heterocycles. The van der Waals surface area contributed by atoms with Crippen LogP contribution in [0.3, 0.4) is 0 Å². The molecule has 2 rings (SSSR count). The maximum Gasteiger partial charge on any atom is 0.422 e. The van der Waals surface area contributed by atoms with Crippen LogP contribution in [0.2, 0.25) is 0 Å². The summed E-state index contributed by atoms with van der Waals surface area (Å²) in [6.07, 6.45) is -4.57. The number of furan rings is 1. The van der Waals surface area contributed by atoms with Crippen molar-refractivity contribution in [1.29, 1.82) is 5.26 Å². The van der Waals surface area contributed by atoms with E-state index in [1.165, 1.54) is 13.1 Å². The van der Waals surface area contributed by atoms with Gasteiger partial charge in [-0.25, -0.2) is 13.1 Å². The Labute approximate surface area is 151 Å². The zero-order chi connectivity index (χ0) is 20.2. The van der Waals surface area contributed by atoms with Gasteiger partial charge in [-0.2, -0.15) is 18.4 Å². The van der Waals surface area contributed by atoms with Crippen LogP contribution in [0.5, 0.6) is 5.75 Å². The zero-order valence-electron chi connectivity index (χ0n) is 13.6. The lowest BCUT2D eigenvalue weighted by atomic mass is 10.2. The molecular weight excluding hydrogens is 391 g/mol. The predicted octanol–water partition coefficient (Wildman–Crippen LogP) is 2.25. The number of sulfonamides is 1. The molecule has 1 heterocycles. The van der Waals surface area contributed by atoms with E-state index in [4.69, 9.17) is 9.68 Å². The lowest BCUT2D eigenvalue weighted by Gasteiger charge is -2.11. The average Bonchev–Trinajstić information content (AvgIpc) is 3.11. The number of benzene rings is 1. The van der Waals surface area contributed by atoms with Gasteiger partial charge in [0.15, 0.2) is 12.4 Å². The quantitative estimate of drug-likeness (QED) is 0.763. The number of alkyl halides is 3. The lowest BCUT2D eigenvalue weighted by molar-refractivity contribution is -0.153. The van der Waals surface area contributed by atoms with E-state index in [-0.39, 0.29) is 22.8 Å². The summed E-state index contributed by atoms with van der Waals surface area (Å²) in [6, 6.07) is 7.30. The van der Waals surface area contributed by atoms with E-state index >= 15 is 0 Å². The van der Waals surface area contributed by atoms with Crippen LogP contribution in [0.15, 0.2) is 39.8 Å². The van der Waals surface area contributed by atoms with Crippen molar-refractivity contribution in [3.8, 4) is 11.8 Å². The molecule has 0 aliphatic rings. The van der Waals surface area contributed by atoms with Crippen molar-refractivity contribution in [3.05, 3.63) is 41.7 Å². The Morgan fingerprint density at radius 3 is 2.59 bits per heavy atom. The fourth-order valence-electron chi connectivity index (χ4n) is 1.86. The normalized spacial score (nSPS) is 11.7. The summed E-state index contributed by atoms with van der Waals surface area (Å²) >= 11 is 0. The maximum atomic E-state index is 12.2. The molecule has 0 fully saturated rings. The Morgan fingerprint density at radius 2 is 2.00 bits per heavy atom. The summed E-state index contributed by atoms with van der Waals surface area (Å²) in [6.45, 7) is -1.57. The Balaban J connectivity index is 2.16. The van der Waals surface area contributed by atoms with Crippen LogP contribution in [-0.4, -0.2) is 34.2 Å². The minimum atomic E-state index is -4.57. The molecule has 0 unspecified atom stereocenters. The van der Waals surface area contributed by atoms with Crippen molar-refractivity contribution in [2.75, 3.05) is 19.0 Å². The van der Waals surface area contributed by atoms with Gasteiger partial charge < -0.3 is 14.5 Å². The summed E-state index contributed by atoms with van der Waals surface area (Å²) in [5, 5.41) is 10.9. The zero-order valence-corrected chi connectivity index (χ0v) is 14.4. The number of halogens is 3. The van der Waals surface area contributed by atoms with Gasteiger partial charge >= 0.3 is 6.18 Å². The van der Waals surface area contributed by atoms with E-state index in [1.54, 1.807) is 6.07 Å². The number of rotatable bonds is 6. The van der Waals surface area contributed by atoms with Crippen LogP contribution in [0.1, 0.15) is 16.1 Å². The van der Waals surface area contributed by atoms with Gasteiger partial charge in [0.1, 0.15) is 11.8 Å². The molecule has 0 aliphatic heterocycles. The van der Waals surface area contributed by atoms with Gasteiger partial charge in [-0.15, -0.1) is 0 Å². The molecule has 2 N–H and O–H groups in total. The first-order chi connectivity index (χ1) is 12.6. The molecule has 2 aromatic rings. The van der Waals surface area contributed by atoms with Crippen LogP contribution in [0, 0.1) is 11.3 Å². The highest BCUT2D eigenvalue weighted by atomic mass is 32.2. The molecule has 12 heteroatoms. The molecular formula is C15H12F3N3O5S. The number of nitrogens with zero attached hydrogens (tertiary/aromatic N) is 1. The Hall–Kier alpha value is -3.04. The van der Waals surface area contributed by atoms with E-state index in [0.717, 1.165) is 24.3 Å². The van der Waals surface area contributed by atoms with Crippen molar-refractivity contribution >= 4 is 21.6 Å². The SMILES string of the molecule is CNS(=O)(=O)c1ccc(C(=O)Nc2ccc(OCC(F)(F)F)c(C#N)c2)o1. The van der Waals surface area contributed by atoms with Crippen LogP contribution in [-0.2, 0) is 10.0 Å². The topological polar surface area (TPSA) is 121 Å². The van der Waals surface area contributed by atoms with Gasteiger partial charge in [0.05, 0.1) is 5.56 Å². The molecule has 0 aliphatic carbocycles. The van der Waals surface area contributed by atoms with E-state index in [0.29, 0.717) is 0 Å². The molecule has 144 valence electrons. The van der Waals surface area contributed by atoms with Crippen LogP contribution < -0.4 is 14.8 Å². The Kier molecular flexibility index (Phi) is 5.77. The number of amides is 1. The van der Waals surface area contributed by atoms with Gasteiger partial charge in [-0.1, -0.05) is 0 Å².